The molecule has 0 aliphatic heterocycles. The van der Waals surface area contributed by atoms with Crippen LogP contribution in [0.15, 0.2) is 24.3 Å². The minimum absolute atomic E-state index is 0.0289. The summed E-state index contributed by atoms with van der Waals surface area (Å²) in [6.07, 6.45) is 9.15. The van der Waals surface area contributed by atoms with Gasteiger partial charge in [-0.15, -0.1) is 0 Å². The van der Waals surface area contributed by atoms with Crippen LogP contribution in [0, 0.1) is 31.6 Å². The average molecular weight is 534 g/mol. The molecule has 4 aliphatic carbocycles. The third-order valence-corrected chi connectivity index (χ3v) is 9.14. The van der Waals surface area contributed by atoms with E-state index in [1.165, 1.54) is 24.8 Å². The second-order valence-corrected chi connectivity index (χ2v) is 13.8. The van der Waals surface area contributed by atoms with Gasteiger partial charge in [0, 0.05) is 23.6 Å². The Balaban J connectivity index is 1.33. The number of aromatic nitrogens is 2. The van der Waals surface area contributed by atoms with Gasteiger partial charge in [0.05, 0.1) is 11.4 Å². The Morgan fingerprint density at radius 3 is 2.26 bits per heavy atom. The predicted octanol–water partition coefficient (Wildman–Crippen LogP) is 6.51. The summed E-state index contributed by atoms with van der Waals surface area (Å²) in [4.78, 5) is 28.8. The summed E-state index contributed by atoms with van der Waals surface area (Å²) in [5.74, 6) is 2.70. The second kappa shape index (κ2) is 10.6. The highest BCUT2D eigenvalue weighted by Crippen LogP contribution is 2.55. The highest BCUT2D eigenvalue weighted by molar-refractivity contribution is 5.94. The highest BCUT2D eigenvalue weighted by Gasteiger charge is 2.51. The first-order chi connectivity index (χ1) is 18.4. The molecule has 2 N–H and O–H groups in total. The minimum atomic E-state index is -0.196. The molecule has 6 rings (SSSR count). The van der Waals surface area contributed by atoms with Gasteiger partial charge in [-0.2, -0.15) is 5.10 Å². The largest absolute Gasteiger partial charge is 0.333 e. The van der Waals surface area contributed by atoms with Crippen molar-refractivity contribution in [2.75, 3.05) is 18.4 Å². The van der Waals surface area contributed by atoms with Crippen molar-refractivity contribution in [2.24, 2.45) is 17.8 Å². The number of hydrogen-bond acceptors (Lipinski definition) is 3. The zero-order valence-corrected chi connectivity index (χ0v) is 24.8. The molecule has 39 heavy (non-hydrogen) atoms. The quantitative estimate of drug-likeness (QED) is 0.406. The van der Waals surface area contributed by atoms with Crippen molar-refractivity contribution in [1.82, 2.24) is 20.0 Å². The number of unbranched alkanes of at least 4 members (excludes halogenated alkanes) is 1. The van der Waals surface area contributed by atoms with Gasteiger partial charge in [0.15, 0.2) is 0 Å². The number of anilines is 1. The molecule has 7 nitrogen and oxygen atoms in total. The monoisotopic (exact) mass is 533 g/mol. The van der Waals surface area contributed by atoms with Crippen molar-refractivity contribution < 1.29 is 9.59 Å². The Bertz CT molecular complexity index is 1190. The Morgan fingerprint density at radius 2 is 1.69 bits per heavy atom. The van der Waals surface area contributed by atoms with Crippen LogP contribution >= 0.6 is 0 Å². The highest BCUT2D eigenvalue weighted by atomic mass is 16.2. The number of nitrogens with one attached hydrogen (secondary N) is 2. The third kappa shape index (κ3) is 6.02. The number of aryl methyl sites for hydroxylation is 2. The summed E-state index contributed by atoms with van der Waals surface area (Å²) in [6.45, 7) is 13.2. The van der Waals surface area contributed by atoms with Crippen molar-refractivity contribution in [3.63, 3.8) is 0 Å². The van der Waals surface area contributed by atoms with Gasteiger partial charge in [-0.05, 0) is 88.2 Å². The lowest BCUT2D eigenvalue weighted by molar-refractivity contribution is -0.116. The number of carbonyl (C=O) groups is 2. The molecule has 1 heterocycles. The number of benzene rings is 1. The second-order valence-electron chi connectivity index (χ2n) is 13.8. The fourth-order valence-corrected chi connectivity index (χ4v) is 7.59. The Morgan fingerprint density at radius 1 is 1.05 bits per heavy atom. The Hall–Kier alpha value is -2.83. The summed E-state index contributed by atoms with van der Waals surface area (Å²) in [5, 5.41) is 11.5. The molecule has 3 amide bonds. The van der Waals surface area contributed by atoms with E-state index < -0.39 is 0 Å². The maximum atomic E-state index is 13.6. The van der Waals surface area contributed by atoms with E-state index in [0.717, 1.165) is 66.8 Å². The summed E-state index contributed by atoms with van der Waals surface area (Å²) in [5.41, 5.74) is 3.87. The summed E-state index contributed by atoms with van der Waals surface area (Å²) in [6, 6.07) is 8.11. The molecular formula is C32H47N5O2. The van der Waals surface area contributed by atoms with Crippen molar-refractivity contribution in [2.45, 2.75) is 104 Å². The van der Waals surface area contributed by atoms with E-state index in [1.807, 2.05) is 16.8 Å². The summed E-state index contributed by atoms with van der Waals surface area (Å²) < 4.78 is 1.83. The molecule has 0 atom stereocenters. The molecule has 4 bridgehead atoms. The van der Waals surface area contributed by atoms with Crippen LogP contribution in [0.1, 0.15) is 95.9 Å². The maximum Gasteiger partial charge on any atom is 0.318 e. The fourth-order valence-electron chi connectivity index (χ4n) is 7.59. The number of nitrogens with zero attached hydrogens (tertiary/aromatic N) is 3. The lowest BCUT2D eigenvalue weighted by atomic mass is 9.53. The fraction of sp³-hybridized carbons (Fsp3) is 0.656. The molecule has 2 aromatic rings. The molecular weight excluding hydrogens is 486 g/mol. The average Bonchev–Trinajstić information content (AvgIpc) is 3.24. The van der Waals surface area contributed by atoms with Gasteiger partial charge in [0.1, 0.15) is 12.4 Å². The summed E-state index contributed by atoms with van der Waals surface area (Å²) in [7, 11) is 0. The van der Waals surface area contributed by atoms with Crippen LogP contribution in [0.5, 0.6) is 0 Å². The van der Waals surface area contributed by atoms with Crippen LogP contribution in [0.4, 0.5) is 10.6 Å². The molecule has 4 fully saturated rings. The Labute approximate surface area is 234 Å². The van der Waals surface area contributed by atoms with Crippen molar-refractivity contribution in [3.05, 3.63) is 41.1 Å². The van der Waals surface area contributed by atoms with Gasteiger partial charge >= 0.3 is 6.03 Å². The lowest BCUT2D eigenvalue weighted by Crippen LogP contribution is -2.62. The van der Waals surface area contributed by atoms with Crippen molar-refractivity contribution >= 4 is 17.8 Å². The van der Waals surface area contributed by atoms with E-state index in [2.05, 4.69) is 64.3 Å². The number of hydrogen-bond donors (Lipinski definition) is 2. The molecule has 1 aromatic heterocycles. The molecule has 0 unspecified atom stereocenters. The van der Waals surface area contributed by atoms with E-state index in [0.29, 0.717) is 12.4 Å². The van der Waals surface area contributed by atoms with E-state index >= 15 is 0 Å². The van der Waals surface area contributed by atoms with E-state index in [4.69, 9.17) is 5.10 Å². The van der Waals surface area contributed by atoms with E-state index in [-0.39, 0.29) is 29.4 Å². The number of carbonyl (C=O) groups excluding carboxylic acids is 2. The lowest BCUT2D eigenvalue weighted by Gasteiger charge is -2.57. The summed E-state index contributed by atoms with van der Waals surface area (Å²) >= 11 is 0. The van der Waals surface area contributed by atoms with Gasteiger partial charge in [-0.1, -0.05) is 51.8 Å². The molecule has 4 aliphatic rings. The number of urea groups is 1. The van der Waals surface area contributed by atoms with Crippen LogP contribution in [0.25, 0.3) is 5.69 Å². The van der Waals surface area contributed by atoms with Crippen LogP contribution in [0.2, 0.25) is 0 Å². The maximum absolute atomic E-state index is 13.6. The van der Waals surface area contributed by atoms with E-state index in [1.54, 1.807) is 4.90 Å². The molecule has 4 saturated carbocycles. The zero-order valence-electron chi connectivity index (χ0n) is 24.8. The minimum Gasteiger partial charge on any atom is -0.333 e. The van der Waals surface area contributed by atoms with E-state index in [9.17, 15) is 9.59 Å². The molecule has 0 radical (unpaired) electrons. The van der Waals surface area contributed by atoms with Crippen molar-refractivity contribution in [1.29, 1.82) is 0 Å². The number of amides is 3. The first-order valence-corrected chi connectivity index (χ1v) is 15.0. The van der Waals surface area contributed by atoms with Crippen molar-refractivity contribution in [3.8, 4) is 5.69 Å². The standard InChI is InChI=1S/C32H47N5O2/c1-7-8-11-36(30(39)34-32-17-23-13-24(18-32)15-25(14-23)19-32)20-29(38)33-28-16-27(31(4,5)6)35-37(28)26-10-9-21(2)12-22(26)3/h9-10,12,16,23-25H,7-8,11,13-15,17-20H2,1-6H3,(H,33,38)(H,34,39). The molecule has 1 aromatic carbocycles. The van der Waals surface area contributed by atoms with Gasteiger partial charge < -0.3 is 15.5 Å². The Kier molecular flexibility index (Phi) is 7.55. The van der Waals surface area contributed by atoms with Gasteiger partial charge in [-0.3, -0.25) is 4.79 Å². The first-order valence-electron chi connectivity index (χ1n) is 15.0. The van der Waals surface area contributed by atoms with Crippen LogP contribution < -0.4 is 10.6 Å². The number of rotatable bonds is 8. The molecule has 0 saturated heterocycles. The molecule has 7 heteroatoms. The van der Waals surface area contributed by atoms with Crippen LogP contribution in [0.3, 0.4) is 0 Å². The van der Waals surface area contributed by atoms with Gasteiger partial charge in [0.2, 0.25) is 5.91 Å². The van der Waals surface area contributed by atoms with Gasteiger partial charge in [-0.25, -0.2) is 9.48 Å². The van der Waals surface area contributed by atoms with Crippen LogP contribution in [-0.4, -0.2) is 45.2 Å². The third-order valence-electron chi connectivity index (χ3n) is 9.14. The molecule has 212 valence electrons. The SMILES string of the molecule is CCCCN(CC(=O)Nc1cc(C(C)(C)C)nn1-c1ccc(C)cc1C)C(=O)NC12CC3CC(CC(C3)C1)C2. The normalized spacial score (nSPS) is 25.5. The van der Waals surface area contributed by atoms with Gasteiger partial charge in [0.25, 0.3) is 0 Å². The molecule has 0 spiro atoms. The smallest absolute Gasteiger partial charge is 0.318 e. The topological polar surface area (TPSA) is 79.3 Å². The zero-order chi connectivity index (χ0) is 27.9. The predicted molar refractivity (Wildman–Crippen MR) is 156 cm³/mol. The first kappa shape index (κ1) is 27.7. The van der Waals surface area contributed by atoms with Crippen LogP contribution in [-0.2, 0) is 10.2 Å².